The number of esters is 12. The van der Waals surface area contributed by atoms with Gasteiger partial charge >= 0.3 is 71.6 Å². The van der Waals surface area contributed by atoms with E-state index in [9.17, 15) is 57.5 Å². The molecule has 0 N–H and O–H groups in total. The van der Waals surface area contributed by atoms with E-state index in [0.29, 0.717) is 50.7 Å². The topological polar surface area (TPSA) is 371 Å². The van der Waals surface area contributed by atoms with E-state index >= 15 is 0 Å². The molecule has 0 aromatic carbocycles. The van der Waals surface area contributed by atoms with Crippen molar-refractivity contribution >= 4 is 71.6 Å². The summed E-state index contributed by atoms with van der Waals surface area (Å²) in [6.45, 7) is 23.6. The van der Waals surface area contributed by atoms with E-state index < -0.39 is 209 Å². The molecular formula is C69H96O30. The third kappa shape index (κ3) is 15.3. The van der Waals surface area contributed by atoms with Crippen molar-refractivity contribution in [2.45, 2.75) is 267 Å². The van der Waals surface area contributed by atoms with Crippen molar-refractivity contribution < 1.29 is 143 Å². The molecule has 0 aromatic rings. The summed E-state index contributed by atoms with van der Waals surface area (Å²) in [6, 6.07) is 0. The lowest BCUT2D eigenvalue weighted by Gasteiger charge is -2.70. The van der Waals surface area contributed by atoms with Gasteiger partial charge in [0.2, 0.25) is 18.7 Å². The minimum atomic E-state index is -2.07. The van der Waals surface area contributed by atoms with Crippen LogP contribution in [0.2, 0.25) is 0 Å². The summed E-state index contributed by atoms with van der Waals surface area (Å²) in [6.07, 6.45) is -21.3. The zero-order valence-corrected chi connectivity index (χ0v) is 59.8. The second-order valence-electron chi connectivity index (χ2n) is 29.0. The summed E-state index contributed by atoms with van der Waals surface area (Å²) in [7, 11) is 3.44. The second-order valence-corrected chi connectivity index (χ2v) is 29.0. The number of methoxy groups -OCH3 is 3. The largest absolute Gasteiger partial charge is 0.469 e. The molecule has 0 amide bonds. The van der Waals surface area contributed by atoms with Crippen LogP contribution < -0.4 is 0 Å². The minimum Gasteiger partial charge on any atom is -0.469 e. The van der Waals surface area contributed by atoms with Crippen molar-refractivity contribution in [3.63, 3.8) is 0 Å². The van der Waals surface area contributed by atoms with E-state index in [4.69, 9.17) is 85.3 Å². The molecule has 0 spiro atoms. The number of carbonyl (C=O) groups is 12. The predicted octanol–water partition coefficient (Wildman–Crippen LogP) is 5.53. The molecule has 5 aliphatic carbocycles. The average molecular weight is 1410 g/mol. The van der Waals surface area contributed by atoms with Gasteiger partial charge in [0, 0.05) is 68.2 Å². The van der Waals surface area contributed by atoms with Gasteiger partial charge in [-0.1, -0.05) is 47.1 Å². The average Bonchev–Trinajstić information content (AvgIpc) is 0.671. The van der Waals surface area contributed by atoms with Gasteiger partial charge in [-0.2, -0.15) is 0 Å². The lowest BCUT2D eigenvalue weighted by atomic mass is 9.35. The van der Waals surface area contributed by atoms with Crippen LogP contribution in [0.4, 0.5) is 0 Å². The van der Waals surface area contributed by atoms with Crippen LogP contribution in [0.5, 0.6) is 0 Å². The highest BCUT2D eigenvalue weighted by Crippen LogP contribution is 2.76. The van der Waals surface area contributed by atoms with Crippen molar-refractivity contribution in [3.05, 3.63) is 23.0 Å². The van der Waals surface area contributed by atoms with Crippen LogP contribution in [0.15, 0.2) is 23.0 Å². The minimum absolute atomic E-state index is 0.185. The first-order chi connectivity index (χ1) is 46.1. The summed E-state index contributed by atoms with van der Waals surface area (Å²) in [5.41, 5.74) is -2.58. The smallest absolute Gasteiger partial charge is 0.339 e. The summed E-state index contributed by atoms with van der Waals surface area (Å²) >= 11 is 0. The quantitative estimate of drug-likeness (QED) is 0.0871. The van der Waals surface area contributed by atoms with Gasteiger partial charge in [-0.05, 0) is 109 Å². The summed E-state index contributed by atoms with van der Waals surface area (Å²) < 4.78 is 108. The molecule has 0 aromatic heterocycles. The Bertz CT molecular complexity index is 3240. The fraction of sp³-hybridized carbons (Fsp3) is 0.768. The molecule has 3 saturated carbocycles. The summed E-state index contributed by atoms with van der Waals surface area (Å²) in [5, 5.41) is 0. The third-order valence-corrected chi connectivity index (χ3v) is 22.0. The van der Waals surface area contributed by atoms with Crippen molar-refractivity contribution in [1.82, 2.24) is 0 Å². The van der Waals surface area contributed by atoms with Gasteiger partial charge in [0.15, 0.2) is 67.3 Å². The highest BCUT2D eigenvalue weighted by Gasteiger charge is 2.71. The molecule has 0 bridgehead atoms. The molecule has 6 fully saturated rings. The van der Waals surface area contributed by atoms with Gasteiger partial charge in [-0.3, -0.25) is 47.9 Å². The fourth-order valence-electron chi connectivity index (χ4n) is 17.5. The van der Waals surface area contributed by atoms with Crippen LogP contribution in [0, 0.1) is 44.3 Å². The maximum Gasteiger partial charge on any atom is 0.339 e. The Kier molecular flexibility index (Phi) is 23.3. The van der Waals surface area contributed by atoms with Crippen LogP contribution >= 0.6 is 0 Å². The van der Waals surface area contributed by atoms with Crippen molar-refractivity contribution in [2.75, 3.05) is 27.9 Å². The standard InChI is InChI=1S/C69H96O30/c1-31(70)85-30-43-46(86-32(2)71)47(87-33(3)72)56(99-62-55(93-39(9)78)51(91-37(7)76)49(89-35(5)74)53(98-62)59(80)83-18)60(95-43)96-45-21-22-67(14)44(64(45,10)11)20-23-69(16)57(67)42(28-40-41-29-66(13,63(81)84-19)25-24-65(41,12)26-27-68(40,69)15)94-61-54(92-38(8)77)50(90-36(6)75)48(88-34(4)73)52(97-61)58(79)82-17/h28,43-57,60-62H,20-27,29-30H2,1-19H3/t43-,44?,45+,46+,47+,48+,49+,50+,51+,52+,53+,54-,55-,56-,57?,60+,61+,62+,65-,66+,67+,68-,69-/m1/s1. The van der Waals surface area contributed by atoms with Crippen LogP contribution in [0.3, 0.4) is 0 Å². The molecule has 30 nitrogen and oxygen atoms in total. The monoisotopic (exact) mass is 1400 g/mol. The Morgan fingerprint density at radius 3 is 1.38 bits per heavy atom. The fourth-order valence-corrected chi connectivity index (χ4v) is 17.5. The molecule has 3 heterocycles. The van der Waals surface area contributed by atoms with Crippen LogP contribution in [-0.4, -0.2) is 198 Å². The Morgan fingerprint density at radius 2 is 0.899 bits per heavy atom. The Hall–Kier alpha value is -7.28. The maximum absolute atomic E-state index is 13.9. The van der Waals surface area contributed by atoms with Gasteiger partial charge in [0.05, 0.1) is 32.8 Å². The van der Waals surface area contributed by atoms with Gasteiger partial charge in [-0.25, -0.2) is 9.59 Å². The predicted molar refractivity (Wildman–Crippen MR) is 332 cm³/mol. The van der Waals surface area contributed by atoms with E-state index in [1.54, 1.807) is 0 Å². The van der Waals surface area contributed by atoms with Gasteiger partial charge in [0.25, 0.3) is 0 Å². The molecular weight excluding hydrogens is 1310 g/mol. The normalized spacial score (nSPS) is 38.9. The van der Waals surface area contributed by atoms with Crippen LogP contribution in [-0.2, 0) is 143 Å². The molecule has 8 aliphatic rings. The molecule has 23 atom stereocenters. The highest BCUT2D eigenvalue weighted by molar-refractivity contribution is 5.79. The van der Waals surface area contributed by atoms with E-state index in [1.807, 2.05) is 26.8 Å². The number of fused-ring (bicyclic) bond motifs is 6. The van der Waals surface area contributed by atoms with Crippen molar-refractivity contribution in [1.29, 1.82) is 0 Å². The summed E-state index contributed by atoms with van der Waals surface area (Å²) in [4.78, 5) is 159. The van der Waals surface area contributed by atoms with Gasteiger partial charge in [-0.15, -0.1) is 0 Å². The van der Waals surface area contributed by atoms with Gasteiger partial charge < -0.3 is 85.3 Å². The molecule has 2 unspecified atom stereocenters. The molecule has 99 heavy (non-hydrogen) atoms. The lowest BCUT2D eigenvalue weighted by molar-refractivity contribution is -0.376. The summed E-state index contributed by atoms with van der Waals surface area (Å²) in [5.74, 6) is -11.6. The number of hydrogen-bond acceptors (Lipinski definition) is 30. The maximum atomic E-state index is 13.9. The van der Waals surface area contributed by atoms with Crippen LogP contribution in [0.25, 0.3) is 0 Å². The molecule has 8 rings (SSSR count). The lowest BCUT2D eigenvalue weighted by Crippen LogP contribution is -2.68. The Balaban J connectivity index is 1.30. The van der Waals surface area contributed by atoms with E-state index in [0.717, 1.165) is 94.1 Å². The first-order valence-electron chi connectivity index (χ1n) is 33.3. The van der Waals surface area contributed by atoms with Crippen molar-refractivity contribution in [2.24, 2.45) is 44.3 Å². The zero-order chi connectivity index (χ0) is 73.6. The Labute approximate surface area is 574 Å². The van der Waals surface area contributed by atoms with E-state index in [-0.39, 0.29) is 18.3 Å². The molecule has 3 saturated heterocycles. The third-order valence-electron chi connectivity index (χ3n) is 22.0. The van der Waals surface area contributed by atoms with E-state index in [1.165, 1.54) is 7.11 Å². The molecule has 552 valence electrons. The van der Waals surface area contributed by atoms with Gasteiger partial charge in [0.1, 0.15) is 18.5 Å². The van der Waals surface area contributed by atoms with Crippen LogP contribution in [0.1, 0.15) is 169 Å². The molecule has 30 heteroatoms. The number of rotatable bonds is 19. The number of hydrogen-bond donors (Lipinski definition) is 0. The van der Waals surface area contributed by atoms with Crippen molar-refractivity contribution in [3.8, 4) is 0 Å². The number of allylic oxidation sites excluding steroid dienone is 4. The first kappa shape index (κ1) is 77.5. The molecule has 0 radical (unpaired) electrons. The molecule has 3 aliphatic heterocycles. The first-order valence-corrected chi connectivity index (χ1v) is 33.3. The highest BCUT2D eigenvalue weighted by atomic mass is 16.8. The number of ether oxygens (including phenoxy) is 18. The zero-order valence-electron chi connectivity index (χ0n) is 59.8. The SMILES string of the molecule is COC(=O)[C@H]1O[C@@H](O[C@H]2[C@H](O[C@H]3CC[C@@]4(C)C(CC[C@]5(C)C4C(O[C@H]4O[C@H](C(=O)OC)[C@@H](OC(C)=O)[C@H](OC(C)=O)[C@H]4OC(C)=O)=CC4=C6C[C@@](C)(C(=O)OC)CC[C@]6(C)CC[C@]45C)C3(C)C)O[C@H](COC(C)=O)[C@H](OC(C)=O)[C@@H]2OC(C)=O)[C@H](OC(C)=O)[C@@H](OC(C)=O)[C@@H]1OC(C)=O. The number of carbonyl (C=O) groups excluding carboxylic acids is 12. The Morgan fingerprint density at radius 1 is 0.455 bits per heavy atom. The second kappa shape index (κ2) is 29.7. The van der Waals surface area contributed by atoms with E-state index in [2.05, 4.69) is 27.7 Å².